The van der Waals surface area contributed by atoms with Crippen LogP contribution in [0.4, 0.5) is 10.5 Å². The number of thioether (sulfide) groups is 1. The van der Waals surface area contributed by atoms with Crippen LogP contribution in [0.25, 0.3) is 11.0 Å². The average molecular weight is 436 g/mol. The first-order valence-electron chi connectivity index (χ1n) is 9.90. The number of aromatic nitrogens is 2. The van der Waals surface area contributed by atoms with Gasteiger partial charge in [0, 0.05) is 34.9 Å². The van der Waals surface area contributed by atoms with Gasteiger partial charge in [0.1, 0.15) is 28.1 Å². The van der Waals surface area contributed by atoms with Crippen LogP contribution in [-0.2, 0) is 10.5 Å². The van der Waals surface area contributed by atoms with E-state index in [4.69, 9.17) is 9.15 Å². The predicted molar refractivity (Wildman–Crippen MR) is 116 cm³/mol. The van der Waals surface area contributed by atoms with Crippen LogP contribution in [0.5, 0.6) is 0 Å². The fraction of sp³-hybridized carbons (Fsp3) is 0.318. The summed E-state index contributed by atoms with van der Waals surface area (Å²) in [6.45, 7) is 3.79. The minimum atomic E-state index is -0.578. The van der Waals surface area contributed by atoms with Gasteiger partial charge in [-0.05, 0) is 44.4 Å². The zero-order chi connectivity index (χ0) is 22.0. The minimum Gasteiger partial charge on any atom is -0.450 e. The van der Waals surface area contributed by atoms with Crippen LogP contribution in [0.15, 0.2) is 38.5 Å². The number of amides is 1. The lowest BCUT2D eigenvalue weighted by Crippen LogP contribution is -2.13. The van der Waals surface area contributed by atoms with Gasteiger partial charge in [-0.1, -0.05) is 0 Å². The van der Waals surface area contributed by atoms with Gasteiger partial charge >= 0.3 is 11.7 Å². The number of rotatable bonds is 6. The molecule has 1 amide bonds. The maximum absolute atomic E-state index is 12.1. The van der Waals surface area contributed by atoms with Gasteiger partial charge in [-0.25, -0.2) is 19.6 Å². The quantitative estimate of drug-likeness (QED) is 0.341. The number of benzene rings is 1. The number of nitriles is 1. The van der Waals surface area contributed by atoms with E-state index in [-0.39, 0.29) is 6.61 Å². The van der Waals surface area contributed by atoms with E-state index >= 15 is 0 Å². The maximum atomic E-state index is 12.1. The van der Waals surface area contributed by atoms with Crippen LogP contribution < -0.4 is 10.9 Å². The number of nitrogens with zero attached hydrogens (tertiary/aromatic N) is 3. The molecule has 1 saturated carbocycles. The number of aryl methyl sites for hydroxylation is 1. The highest BCUT2D eigenvalue weighted by Gasteiger charge is 2.28. The highest BCUT2D eigenvalue weighted by Crippen LogP contribution is 2.39. The van der Waals surface area contributed by atoms with Crippen LogP contribution >= 0.6 is 11.8 Å². The van der Waals surface area contributed by atoms with Gasteiger partial charge in [0.05, 0.1) is 12.3 Å². The second-order valence-electron chi connectivity index (χ2n) is 7.17. The summed E-state index contributed by atoms with van der Waals surface area (Å²) in [6.07, 6.45) is 1.56. The van der Waals surface area contributed by atoms with Gasteiger partial charge in [-0.3, -0.25) is 5.32 Å². The van der Waals surface area contributed by atoms with Gasteiger partial charge in [0.15, 0.2) is 0 Å². The molecule has 4 rings (SSSR count). The Morgan fingerprint density at radius 2 is 2.16 bits per heavy atom. The smallest absolute Gasteiger partial charge is 0.411 e. The van der Waals surface area contributed by atoms with Crippen LogP contribution in [0.2, 0.25) is 0 Å². The Bertz CT molecular complexity index is 1260. The predicted octanol–water partition coefficient (Wildman–Crippen LogP) is 4.50. The molecule has 2 heterocycles. The zero-order valence-electron chi connectivity index (χ0n) is 17.1. The third kappa shape index (κ3) is 4.70. The summed E-state index contributed by atoms with van der Waals surface area (Å²) in [5.41, 5.74) is 2.22. The first kappa shape index (κ1) is 20.9. The fourth-order valence-corrected chi connectivity index (χ4v) is 4.21. The molecular weight excluding hydrogens is 416 g/mol. The summed E-state index contributed by atoms with van der Waals surface area (Å²) in [5, 5.41) is 13.5. The third-order valence-corrected chi connectivity index (χ3v) is 5.87. The summed E-state index contributed by atoms with van der Waals surface area (Å²) < 4.78 is 10.2. The largest absolute Gasteiger partial charge is 0.450 e. The standard InChI is InChI=1S/C22H20N4O4S/c1-3-29-22(28)25-15-6-7-16-14(8-19(27)30-18(16)9-15)11-31-21-17(10-23)12(2)24-20(26-21)13-4-5-13/h6-9,13H,3-5,11H2,1-2H3,(H,25,28). The molecule has 0 atom stereocenters. The van der Waals surface area contributed by atoms with Crippen molar-refractivity contribution in [2.75, 3.05) is 11.9 Å². The molecule has 158 valence electrons. The highest BCUT2D eigenvalue weighted by molar-refractivity contribution is 7.98. The Morgan fingerprint density at radius 3 is 2.87 bits per heavy atom. The van der Waals surface area contributed by atoms with E-state index in [9.17, 15) is 14.9 Å². The van der Waals surface area contributed by atoms with Crippen molar-refractivity contribution in [2.45, 2.75) is 43.4 Å². The van der Waals surface area contributed by atoms with E-state index in [0.29, 0.717) is 39.2 Å². The monoisotopic (exact) mass is 436 g/mol. The van der Waals surface area contributed by atoms with Crippen LogP contribution in [-0.4, -0.2) is 22.7 Å². The first-order chi connectivity index (χ1) is 15.0. The summed E-state index contributed by atoms with van der Waals surface area (Å²) in [5.74, 6) is 1.59. The lowest BCUT2D eigenvalue weighted by Gasteiger charge is -2.10. The number of carbonyl (C=O) groups excluding carboxylic acids is 1. The zero-order valence-corrected chi connectivity index (χ0v) is 17.9. The van der Waals surface area contributed by atoms with Crippen molar-refractivity contribution in [3.63, 3.8) is 0 Å². The van der Waals surface area contributed by atoms with E-state index in [2.05, 4.69) is 21.4 Å². The lowest BCUT2D eigenvalue weighted by atomic mass is 10.1. The Kier molecular flexibility index (Phi) is 5.91. The molecule has 0 unspecified atom stereocenters. The molecule has 1 N–H and O–H groups in total. The Morgan fingerprint density at radius 1 is 1.35 bits per heavy atom. The molecule has 9 heteroatoms. The van der Waals surface area contributed by atoms with Crippen LogP contribution in [0.3, 0.4) is 0 Å². The topological polar surface area (TPSA) is 118 Å². The third-order valence-electron chi connectivity index (χ3n) is 4.84. The number of fused-ring (bicyclic) bond motifs is 1. The molecule has 2 aromatic heterocycles. The van der Waals surface area contributed by atoms with Crippen molar-refractivity contribution in [1.82, 2.24) is 9.97 Å². The van der Waals surface area contributed by atoms with Crippen molar-refractivity contribution >= 4 is 34.5 Å². The molecular formula is C22H20N4O4S. The van der Waals surface area contributed by atoms with Crippen molar-refractivity contribution in [1.29, 1.82) is 5.26 Å². The Labute approximate surface area is 182 Å². The van der Waals surface area contributed by atoms with E-state index in [0.717, 1.165) is 29.6 Å². The summed E-state index contributed by atoms with van der Waals surface area (Å²) >= 11 is 1.40. The second kappa shape index (κ2) is 8.78. The normalized spacial score (nSPS) is 13.1. The molecule has 8 nitrogen and oxygen atoms in total. The Hall–Kier alpha value is -3.38. The van der Waals surface area contributed by atoms with Gasteiger partial charge in [-0.15, -0.1) is 11.8 Å². The summed E-state index contributed by atoms with van der Waals surface area (Å²) in [4.78, 5) is 32.8. The SMILES string of the molecule is CCOC(=O)Nc1ccc2c(CSc3nc(C4CC4)nc(C)c3C#N)cc(=O)oc2c1. The van der Waals surface area contributed by atoms with Crippen LogP contribution in [0.1, 0.15) is 48.3 Å². The van der Waals surface area contributed by atoms with E-state index in [1.54, 1.807) is 25.1 Å². The molecule has 1 aliphatic carbocycles. The number of hydrogen-bond donors (Lipinski definition) is 1. The van der Waals surface area contributed by atoms with Crippen LogP contribution in [0, 0.1) is 18.3 Å². The number of ether oxygens (including phenoxy) is 1. The molecule has 0 radical (unpaired) electrons. The van der Waals surface area contributed by atoms with Crippen molar-refractivity contribution in [2.24, 2.45) is 0 Å². The van der Waals surface area contributed by atoms with Crippen molar-refractivity contribution in [3.8, 4) is 6.07 Å². The molecule has 1 aromatic carbocycles. The van der Waals surface area contributed by atoms with E-state index < -0.39 is 11.7 Å². The fourth-order valence-electron chi connectivity index (χ4n) is 3.18. The lowest BCUT2D eigenvalue weighted by molar-refractivity contribution is 0.168. The molecule has 0 aliphatic heterocycles. The molecule has 0 spiro atoms. The Balaban J connectivity index is 1.62. The molecule has 0 saturated heterocycles. The number of anilines is 1. The van der Waals surface area contributed by atoms with Gasteiger partial charge in [-0.2, -0.15) is 5.26 Å². The molecule has 31 heavy (non-hydrogen) atoms. The molecule has 0 bridgehead atoms. The van der Waals surface area contributed by atoms with Crippen molar-refractivity contribution < 1.29 is 13.9 Å². The van der Waals surface area contributed by atoms with Gasteiger partial charge in [0.25, 0.3) is 0 Å². The van der Waals surface area contributed by atoms with E-state index in [1.165, 1.54) is 17.8 Å². The molecule has 3 aromatic rings. The first-order valence-corrected chi connectivity index (χ1v) is 10.9. The highest BCUT2D eigenvalue weighted by atomic mass is 32.2. The molecule has 1 aliphatic rings. The minimum absolute atomic E-state index is 0.255. The number of nitrogens with one attached hydrogen (secondary N) is 1. The van der Waals surface area contributed by atoms with Gasteiger partial charge in [0.2, 0.25) is 0 Å². The summed E-state index contributed by atoms with van der Waals surface area (Å²) in [7, 11) is 0. The second-order valence-corrected chi connectivity index (χ2v) is 8.13. The average Bonchev–Trinajstić information content (AvgIpc) is 3.57. The van der Waals surface area contributed by atoms with Gasteiger partial charge < -0.3 is 9.15 Å². The number of hydrogen-bond acceptors (Lipinski definition) is 8. The van der Waals surface area contributed by atoms with E-state index in [1.807, 2.05) is 6.92 Å². The number of carbonyl (C=O) groups is 1. The summed E-state index contributed by atoms with van der Waals surface area (Å²) in [6, 6.07) is 8.72. The van der Waals surface area contributed by atoms with Crippen molar-refractivity contribution in [3.05, 3.63) is 57.3 Å². The molecule has 1 fully saturated rings. The maximum Gasteiger partial charge on any atom is 0.411 e.